The highest BCUT2D eigenvalue weighted by molar-refractivity contribution is 8.00. The first-order valence-corrected chi connectivity index (χ1v) is 12.9. The van der Waals surface area contributed by atoms with Crippen LogP contribution in [-0.2, 0) is 0 Å². The summed E-state index contributed by atoms with van der Waals surface area (Å²) < 4.78 is 6.15. The number of hydrogen-bond donors (Lipinski definition) is 0. The molecule has 0 saturated carbocycles. The molecule has 2 aromatic rings. The second kappa shape index (κ2) is 14.2. The maximum Gasteiger partial charge on any atom is 0.189 e. The molecule has 0 unspecified atom stereocenters. The van der Waals surface area contributed by atoms with Crippen molar-refractivity contribution < 1.29 is 9.53 Å². The van der Waals surface area contributed by atoms with Crippen LogP contribution in [0.4, 0.5) is 0 Å². The smallest absolute Gasteiger partial charge is 0.189 e. The third kappa shape index (κ3) is 10.5. The van der Waals surface area contributed by atoms with Crippen LogP contribution in [0.5, 0.6) is 5.75 Å². The van der Waals surface area contributed by atoms with E-state index in [0.29, 0.717) is 17.9 Å². The molecule has 0 fully saturated rings. The van der Waals surface area contributed by atoms with Crippen molar-refractivity contribution in [1.29, 1.82) is 0 Å². The molecular formula is C29H40O2S. The van der Waals surface area contributed by atoms with E-state index in [2.05, 4.69) is 52.0 Å². The van der Waals surface area contributed by atoms with Gasteiger partial charge >= 0.3 is 0 Å². The molecule has 2 aromatic carbocycles. The Balaban J connectivity index is 1.82. The number of benzene rings is 2. The molecule has 0 aromatic heterocycles. The normalized spacial score (nSPS) is 11.8. The maximum atomic E-state index is 12.8. The highest BCUT2D eigenvalue weighted by atomic mass is 32.2. The van der Waals surface area contributed by atoms with Gasteiger partial charge in [0.15, 0.2) is 5.78 Å². The zero-order valence-corrected chi connectivity index (χ0v) is 21.2. The van der Waals surface area contributed by atoms with E-state index in [0.717, 1.165) is 12.0 Å². The number of rotatable bonds is 14. The van der Waals surface area contributed by atoms with Crippen LogP contribution in [0.2, 0.25) is 0 Å². The van der Waals surface area contributed by atoms with Gasteiger partial charge in [0.1, 0.15) is 5.75 Å². The summed E-state index contributed by atoms with van der Waals surface area (Å²) in [5.41, 5.74) is 1.65. The van der Waals surface area contributed by atoms with E-state index >= 15 is 0 Å². The van der Waals surface area contributed by atoms with E-state index in [1.54, 1.807) is 6.08 Å². The van der Waals surface area contributed by atoms with Gasteiger partial charge in [0.25, 0.3) is 0 Å². The Morgan fingerprint density at radius 1 is 0.875 bits per heavy atom. The lowest BCUT2D eigenvalue weighted by Crippen LogP contribution is -2.06. The fourth-order valence-corrected chi connectivity index (χ4v) is 4.46. The number of unbranched alkanes of at least 4 members (excludes halogenated alkanes) is 7. The lowest BCUT2D eigenvalue weighted by Gasteiger charge is -2.17. The molecule has 0 aliphatic carbocycles. The van der Waals surface area contributed by atoms with Gasteiger partial charge in [-0.25, -0.2) is 0 Å². The summed E-state index contributed by atoms with van der Waals surface area (Å²) in [6.45, 7) is 9.53. The summed E-state index contributed by atoms with van der Waals surface area (Å²) in [4.78, 5) is 14.0. The third-order valence-corrected chi connectivity index (χ3v) is 6.26. The van der Waals surface area contributed by atoms with Crippen LogP contribution in [0.15, 0.2) is 59.5 Å². The van der Waals surface area contributed by atoms with Gasteiger partial charge in [0.05, 0.1) is 12.2 Å². The average Bonchev–Trinajstić information content (AvgIpc) is 2.76. The van der Waals surface area contributed by atoms with Crippen LogP contribution in [0.3, 0.4) is 0 Å². The average molecular weight is 453 g/mol. The van der Waals surface area contributed by atoms with Gasteiger partial charge in [-0.05, 0) is 42.3 Å². The zero-order chi connectivity index (χ0) is 23.2. The Morgan fingerprint density at radius 2 is 1.50 bits per heavy atom. The van der Waals surface area contributed by atoms with Crippen LogP contribution in [-0.4, -0.2) is 17.1 Å². The minimum atomic E-state index is -0.0235. The van der Waals surface area contributed by atoms with Crippen molar-refractivity contribution in [1.82, 2.24) is 0 Å². The highest BCUT2D eigenvalue weighted by Crippen LogP contribution is 2.31. The summed E-state index contributed by atoms with van der Waals surface area (Å²) in [6, 6.07) is 15.9. The van der Waals surface area contributed by atoms with Crippen molar-refractivity contribution >= 4 is 23.6 Å². The molecule has 0 amide bonds. The summed E-state index contributed by atoms with van der Waals surface area (Å²) in [5, 5.41) is 0. The topological polar surface area (TPSA) is 26.3 Å². The molecule has 0 spiro atoms. The lowest BCUT2D eigenvalue weighted by molar-refractivity contribution is 0.104. The minimum Gasteiger partial charge on any atom is -0.493 e. The van der Waals surface area contributed by atoms with E-state index in [-0.39, 0.29) is 10.5 Å². The van der Waals surface area contributed by atoms with E-state index in [1.165, 1.54) is 49.8 Å². The predicted molar refractivity (Wildman–Crippen MR) is 140 cm³/mol. The maximum absolute atomic E-state index is 12.8. The fourth-order valence-electron chi connectivity index (χ4n) is 3.48. The van der Waals surface area contributed by atoms with Crippen molar-refractivity contribution in [2.24, 2.45) is 0 Å². The predicted octanol–water partition coefficient (Wildman–Crippen LogP) is 8.99. The molecule has 0 aliphatic rings. The number of thioether (sulfide) groups is 1. The summed E-state index contributed by atoms with van der Waals surface area (Å²) >= 11 is 1.84. The molecule has 3 heteroatoms. The molecule has 0 heterocycles. The second-order valence-corrected chi connectivity index (χ2v) is 11.2. The Kier molecular flexibility index (Phi) is 11.7. The van der Waals surface area contributed by atoms with Crippen LogP contribution < -0.4 is 4.74 Å². The molecule has 0 bridgehead atoms. The molecular weight excluding hydrogens is 412 g/mol. The second-order valence-electron chi connectivity index (χ2n) is 9.30. The summed E-state index contributed by atoms with van der Waals surface area (Å²) in [6.07, 6.45) is 13.7. The standard InChI is InChI=1S/C29H40O2S/c1-5-6-7-8-9-10-11-14-23-31-28-16-13-12-15-26(28)27(30)22-19-24-17-20-25(21-18-24)32-29(2,3)4/h12-13,15-22H,5-11,14,23H2,1-4H3/b22-19+. The SMILES string of the molecule is CCCCCCCCCCOc1ccccc1C(=O)/C=C/c1ccc(SC(C)(C)C)cc1. The quantitative estimate of drug-likeness (QED) is 0.124. The van der Waals surface area contributed by atoms with Crippen LogP contribution in [0.25, 0.3) is 6.08 Å². The van der Waals surface area contributed by atoms with Crippen LogP contribution >= 0.6 is 11.8 Å². The van der Waals surface area contributed by atoms with Crippen LogP contribution in [0, 0.1) is 0 Å². The van der Waals surface area contributed by atoms with E-state index in [9.17, 15) is 4.79 Å². The molecule has 2 nitrogen and oxygen atoms in total. The van der Waals surface area contributed by atoms with Gasteiger partial charge in [-0.15, -0.1) is 11.8 Å². The number of para-hydroxylation sites is 1. The summed E-state index contributed by atoms with van der Waals surface area (Å²) in [7, 11) is 0. The van der Waals surface area contributed by atoms with Gasteiger partial charge < -0.3 is 4.74 Å². The van der Waals surface area contributed by atoms with E-state index in [4.69, 9.17) is 4.74 Å². The van der Waals surface area contributed by atoms with Crippen LogP contribution in [0.1, 0.15) is 95.0 Å². The number of ether oxygens (including phenoxy) is 1. The molecule has 0 saturated heterocycles. The molecule has 2 rings (SSSR count). The number of allylic oxidation sites excluding steroid dienone is 1. The fraction of sp³-hybridized carbons (Fsp3) is 0.483. The van der Waals surface area contributed by atoms with E-state index < -0.39 is 0 Å². The monoisotopic (exact) mass is 452 g/mol. The highest BCUT2D eigenvalue weighted by Gasteiger charge is 2.12. The molecule has 174 valence electrons. The number of ketones is 1. The van der Waals surface area contributed by atoms with Gasteiger partial charge in [0, 0.05) is 9.64 Å². The van der Waals surface area contributed by atoms with E-state index in [1.807, 2.05) is 42.1 Å². The largest absolute Gasteiger partial charge is 0.493 e. The minimum absolute atomic E-state index is 0.0235. The van der Waals surface area contributed by atoms with Crippen molar-refractivity contribution in [3.05, 3.63) is 65.7 Å². The Labute approximate surface area is 199 Å². The van der Waals surface area contributed by atoms with Gasteiger partial charge in [0.2, 0.25) is 0 Å². The van der Waals surface area contributed by atoms with Gasteiger partial charge in [-0.3, -0.25) is 4.79 Å². The number of carbonyl (C=O) groups is 1. The number of carbonyl (C=O) groups excluding carboxylic acids is 1. The lowest BCUT2D eigenvalue weighted by atomic mass is 10.1. The Bertz CT molecular complexity index is 831. The van der Waals surface area contributed by atoms with Crippen molar-refractivity contribution in [2.45, 2.75) is 88.7 Å². The van der Waals surface area contributed by atoms with Crippen molar-refractivity contribution in [3.63, 3.8) is 0 Å². The van der Waals surface area contributed by atoms with Gasteiger partial charge in [-0.2, -0.15) is 0 Å². The third-order valence-electron chi connectivity index (χ3n) is 5.14. The van der Waals surface area contributed by atoms with Crippen molar-refractivity contribution in [3.8, 4) is 5.75 Å². The number of hydrogen-bond acceptors (Lipinski definition) is 3. The Hall–Kier alpha value is -2.00. The molecule has 0 atom stereocenters. The molecule has 0 radical (unpaired) electrons. The summed E-state index contributed by atoms with van der Waals surface area (Å²) in [5.74, 6) is 0.659. The Morgan fingerprint density at radius 3 is 2.16 bits per heavy atom. The first-order chi connectivity index (χ1) is 15.4. The van der Waals surface area contributed by atoms with Crippen molar-refractivity contribution in [2.75, 3.05) is 6.61 Å². The molecule has 0 N–H and O–H groups in total. The first kappa shape index (κ1) is 26.3. The van der Waals surface area contributed by atoms with Gasteiger partial charge in [-0.1, -0.05) is 103 Å². The zero-order valence-electron chi connectivity index (χ0n) is 20.4. The first-order valence-electron chi connectivity index (χ1n) is 12.1. The molecule has 0 aliphatic heterocycles. The molecule has 32 heavy (non-hydrogen) atoms.